The second kappa shape index (κ2) is 3.84. The lowest BCUT2D eigenvalue weighted by Gasteiger charge is -2.42. The van der Waals surface area contributed by atoms with Crippen LogP contribution in [0, 0.1) is 6.92 Å². The van der Waals surface area contributed by atoms with Crippen molar-refractivity contribution in [1.29, 1.82) is 0 Å². The zero-order valence-corrected chi connectivity index (χ0v) is 10.2. The van der Waals surface area contributed by atoms with E-state index in [4.69, 9.17) is 4.74 Å². The third kappa shape index (κ3) is 2.26. The molecular formula is C13H20NO2+. The molecule has 0 aliphatic carbocycles. The molecule has 88 valence electrons. The van der Waals surface area contributed by atoms with Crippen LogP contribution in [0.2, 0.25) is 0 Å². The number of morpholine rings is 1. The van der Waals surface area contributed by atoms with E-state index in [2.05, 4.69) is 14.1 Å². The molecule has 1 atom stereocenters. The van der Waals surface area contributed by atoms with Gasteiger partial charge in [-0.3, -0.25) is 0 Å². The number of ether oxygens (including phenoxy) is 1. The number of likely N-dealkylation sites (N-methyl/N-ethyl adjacent to an activating group) is 1. The molecule has 1 fully saturated rings. The van der Waals surface area contributed by atoms with Crippen LogP contribution in [0.3, 0.4) is 0 Å². The molecule has 1 aliphatic rings. The van der Waals surface area contributed by atoms with E-state index >= 15 is 0 Å². The Morgan fingerprint density at radius 2 is 2.12 bits per heavy atom. The first-order valence-corrected chi connectivity index (χ1v) is 5.67. The van der Waals surface area contributed by atoms with E-state index in [-0.39, 0.29) is 0 Å². The van der Waals surface area contributed by atoms with Gasteiger partial charge in [0, 0.05) is 5.56 Å². The van der Waals surface area contributed by atoms with Crippen molar-refractivity contribution in [2.24, 2.45) is 0 Å². The van der Waals surface area contributed by atoms with Crippen molar-refractivity contribution in [2.45, 2.75) is 12.7 Å². The van der Waals surface area contributed by atoms with Crippen LogP contribution in [0.25, 0.3) is 0 Å². The zero-order chi connectivity index (χ0) is 11.8. The van der Waals surface area contributed by atoms with E-state index in [0.29, 0.717) is 13.2 Å². The summed E-state index contributed by atoms with van der Waals surface area (Å²) in [7, 11) is 4.23. The fraction of sp³-hybridized carbons (Fsp3) is 0.538. The van der Waals surface area contributed by atoms with Crippen molar-refractivity contribution in [1.82, 2.24) is 0 Å². The van der Waals surface area contributed by atoms with Crippen molar-refractivity contribution in [3.63, 3.8) is 0 Å². The van der Waals surface area contributed by atoms with Crippen molar-refractivity contribution >= 4 is 0 Å². The highest BCUT2D eigenvalue weighted by Crippen LogP contribution is 2.29. The van der Waals surface area contributed by atoms with Gasteiger partial charge in [-0.1, -0.05) is 29.8 Å². The summed E-state index contributed by atoms with van der Waals surface area (Å²) in [5.41, 5.74) is 2.00. The van der Waals surface area contributed by atoms with Crippen LogP contribution in [0.4, 0.5) is 0 Å². The molecule has 0 aromatic heterocycles. The lowest BCUT2D eigenvalue weighted by Crippen LogP contribution is -2.57. The average molecular weight is 222 g/mol. The molecule has 1 aromatic carbocycles. The molecule has 0 saturated carbocycles. The van der Waals surface area contributed by atoms with Gasteiger partial charge in [-0.25, -0.2) is 0 Å². The number of rotatable bonds is 1. The molecule has 3 heteroatoms. The molecule has 1 N–H and O–H groups in total. The number of aryl methyl sites for hydroxylation is 1. The van der Waals surface area contributed by atoms with E-state index in [9.17, 15) is 5.11 Å². The summed E-state index contributed by atoms with van der Waals surface area (Å²) in [4.78, 5) is 0. The third-order valence-corrected chi connectivity index (χ3v) is 3.15. The van der Waals surface area contributed by atoms with E-state index < -0.39 is 5.79 Å². The van der Waals surface area contributed by atoms with Crippen LogP contribution in [0.1, 0.15) is 11.1 Å². The van der Waals surface area contributed by atoms with Gasteiger partial charge < -0.3 is 14.3 Å². The molecular weight excluding hydrogens is 202 g/mol. The second-order valence-corrected chi connectivity index (χ2v) is 5.32. The lowest BCUT2D eigenvalue weighted by atomic mass is 10.0. The van der Waals surface area contributed by atoms with Crippen LogP contribution >= 0.6 is 0 Å². The Kier molecular flexibility index (Phi) is 2.78. The highest BCUT2D eigenvalue weighted by Gasteiger charge is 2.42. The Bertz CT molecular complexity index is 389. The van der Waals surface area contributed by atoms with Crippen LogP contribution in [0.5, 0.6) is 0 Å². The number of quaternary nitrogens is 1. The molecule has 2 rings (SSSR count). The van der Waals surface area contributed by atoms with Gasteiger partial charge in [-0.15, -0.1) is 0 Å². The molecule has 1 heterocycles. The van der Waals surface area contributed by atoms with Gasteiger partial charge in [0.15, 0.2) is 0 Å². The Labute approximate surface area is 96.9 Å². The summed E-state index contributed by atoms with van der Waals surface area (Å²) in [5, 5.41) is 10.6. The number of nitrogens with zero attached hydrogens (tertiary/aromatic N) is 1. The summed E-state index contributed by atoms with van der Waals surface area (Å²) < 4.78 is 6.36. The van der Waals surface area contributed by atoms with Crippen molar-refractivity contribution in [3.8, 4) is 0 Å². The molecule has 1 aromatic rings. The molecule has 1 saturated heterocycles. The molecule has 0 amide bonds. The van der Waals surface area contributed by atoms with Crippen LogP contribution < -0.4 is 0 Å². The molecule has 3 nitrogen and oxygen atoms in total. The van der Waals surface area contributed by atoms with Gasteiger partial charge in [0.2, 0.25) is 5.79 Å². The summed E-state index contributed by atoms with van der Waals surface area (Å²) >= 11 is 0. The maximum Gasteiger partial charge on any atom is 0.243 e. The summed E-state index contributed by atoms with van der Waals surface area (Å²) in [6, 6.07) is 7.90. The zero-order valence-electron chi connectivity index (χ0n) is 10.2. The minimum atomic E-state index is -1.13. The van der Waals surface area contributed by atoms with Crippen molar-refractivity contribution in [3.05, 3.63) is 35.4 Å². The number of hydrogen-bond donors (Lipinski definition) is 1. The van der Waals surface area contributed by atoms with Crippen LogP contribution in [-0.4, -0.2) is 43.4 Å². The molecule has 1 aliphatic heterocycles. The standard InChI is InChI=1S/C13H20NO2/c1-11-5-4-6-12(9-11)13(15)10-14(2,3)7-8-16-13/h4-6,9,15H,7-8,10H2,1-3H3/q+1. The Balaban J connectivity index is 2.31. The van der Waals surface area contributed by atoms with E-state index in [1.165, 1.54) is 0 Å². The highest BCUT2D eigenvalue weighted by atomic mass is 16.6. The van der Waals surface area contributed by atoms with Crippen molar-refractivity contribution in [2.75, 3.05) is 33.8 Å². The maximum atomic E-state index is 10.6. The van der Waals surface area contributed by atoms with Gasteiger partial charge in [-0.05, 0) is 6.92 Å². The highest BCUT2D eigenvalue weighted by molar-refractivity contribution is 5.26. The molecule has 0 bridgehead atoms. The largest absolute Gasteiger partial charge is 0.357 e. The topological polar surface area (TPSA) is 29.5 Å². The molecule has 16 heavy (non-hydrogen) atoms. The lowest BCUT2D eigenvalue weighted by molar-refractivity contribution is -0.912. The maximum absolute atomic E-state index is 10.6. The normalized spacial score (nSPS) is 29.0. The number of aliphatic hydroxyl groups is 1. The van der Waals surface area contributed by atoms with E-state index in [1.807, 2.05) is 31.2 Å². The monoisotopic (exact) mass is 222 g/mol. The van der Waals surface area contributed by atoms with Gasteiger partial charge >= 0.3 is 0 Å². The minimum absolute atomic E-state index is 0.594. The fourth-order valence-electron chi connectivity index (χ4n) is 2.23. The average Bonchev–Trinajstić information content (AvgIpc) is 2.15. The van der Waals surface area contributed by atoms with Crippen LogP contribution in [0.15, 0.2) is 24.3 Å². The summed E-state index contributed by atoms with van der Waals surface area (Å²) in [6.07, 6.45) is 0. The second-order valence-electron chi connectivity index (χ2n) is 5.32. The van der Waals surface area contributed by atoms with Gasteiger partial charge in [0.1, 0.15) is 13.1 Å². The molecule has 0 spiro atoms. The SMILES string of the molecule is Cc1cccc(C2(O)C[N+](C)(C)CCO2)c1. The first kappa shape index (κ1) is 11.6. The Hall–Kier alpha value is -0.900. The van der Waals surface area contributed by atoms with E-state index in [0.717, 1.165) is 22.2 Å². The Morgan fingerprint density at radius 3 is 2.75 bits per heavy atom. The van der Waals surface area contributed by atoms with Crippen molar-refractivity contribution < 1.29 is 14.3 Å². The predicted molar refractivity (Wildman–Crippen MR) is 62.9 cm³/mol. The summed E-state index contributed by atoms with van der Waals surface area (Å²) in [6.45, 7) is 4.15. The summed E-state index contributed by atoms with van der Waals surface area (Å²) in [5.74, 6) is -1.13. The molecule has 0 radical (unpaired) electrons. The third-order valence-electron chi connectivity index (χ3n) is 3.15. The van der Waals surface area contributed by atoms with Gasteiger partial charge in [0.05, 0.1) is 20.7 Å². The predicted octanol–water partition coefficient (Wildman–Crippen LogP) is 1.25. The number of hydrogen-bond acceptors (Lipinski definition) is 2. The minimum Gasteiger partial charge on any atom is -0.357 e. The first-order chi connectivity index (χ1) is 7.41. The Morgan fingerprint density at radius 1 is 1.38 bits per heavy atom. The van der Waals surface area contributed by atoms with Gasteiger partial charge in [0.25, 0.3) is 0 Å². The first-order valence-electron chi connectivity index (χ1n) is 5.67. The molecule has 1 unspecified atom stereocenters. The van der Waals surface area contributed by atoms with Gasteiger partial charge in [-0.2, -0.15) is 0 Å². The van der Waals surface area contributed by atoms with Crippen LogP contribution in [-0.2, 0) is 10.5 Å². The number of benzene rings is 1. The smallest absolute Gasteiger partial charge is 0.243 e. The van der Waals surface area contributed by atoms with E-state index in [1.54, 1.807) is 0 Å². The fourth-order valence-corrected chi connectivity index (χ4v) is 2.23. The quantitative estimate of drug-likeness (QED) is 0.725.